The van der Waals surface area contributed by atoms with Crippen LogP contribution in [0.1, 0.15) is 22.5 Å². The Bertz CT molecular complexity index is 1250. The fourth-order valence-electron chi connectivity index (χ4n) is 3.09. The minimum Gasteiger partial charge on any atom is -0.489 e. The number of fused-ring (bicyclic) bond motifs is 1. The quantitative estimate of drug-likeness (QED) is 0.454. The first-order valence-corrected chi connectivity index (χ1v) is 9.62. The number of halogens is 1. The van der Waals surface area contributed by atoms with Crippen LogP contribution in [-0.2, 0) is 6.61 Å². The van der Waals surface area contributed by atoms with Gasteiger partial charge < -0.3 is 4.74 Å². The number of hydrogen-bond acceptors (Lipinski definition) is 3. The summed E-state index contributed by atoms with van der Waals surface area (Å²) in [6.45, 7) is 2.36. The lowest BCUT2D eigenvalue weighted by molar-refractivity contribution is 0.306. The molecule has 0 fully saturated rings. The van der Waals surface area contributed by atoms with Crippen LogP contribution in [-0.4, -0.2) is 9.38 Å². The van der Waals surface area contributed by atoms with Crippen molar-refractivity contribution in [3.8, 4) is 5.75 Å². The fraction of sp³-hybridized carbons (Fsp3) is 0.0833. The standard InChI is InChI=1S/C24H19ClN2O2/c1-17-7-5-12-23-26-22(15-24(28)27(17)23)21(25)14-19-10-6-11-20(13-19)29-16-18-8-3-2-4-9-18/h2-15H,16H2,1H3/b21-14-. The number of pyridine rings is 1. The van der Waals surface area contributed by atoms with Gasteiger partial charge in [0.05, 0.1) is 10.7 Å². The first kappa shape index (κ1) is 19.0. The number of aromatic nitrogens is 2. The molecule has 0 unspecified atom stereocenters. The Kier molecular flexibility index (Phi) is 5.45. The summed E-state index contributed by atoms with van der Waals surface area (Å²) >= 11 is 6.49. The predicted octanol–water partition coefficient (Wildman–Crippen LogP) is 5.32. The number of aryl methyl sites for hydroxylation is 1. The van der Waals surface area contributed by atoms with Gasteiger partial charge in [0.15, 0.2) is 0 Å². The van der Waals surface area contributed by atoms with Gasteiger partial charge in [-0.2, -0.15) is 0 Å². The molecule has 2 heterocycles. The highest BCUT2D eigenvalue weighted by Crippen LogP contribution is 2.23. The van der Waals surface area contributed by atoms with Gasteiger partial charge in [-0.3, -0.25) is 9.20 Å². The zero-order valence-corrected chi connectivity index (χ0v) is 16.6. The van der Waals surface area contributed by atoms with Crippen molar-refractivity contribution in [2.24, 2.45) is 0 Å². The molecule has 0 radical (unpaired) electrons. The zero-order valence-electron chi connectivity index (χ0n) is 15.9. The van der Waals surface area contributed by atoms with E-state index in [0.717, 1.165) is 22.6 Å². The highest BCUT2D eigenvalue weighted by atomic mass is 35.5. The topological polar surface area (TPSA) is 43.6 Å². The average molecular weight is 403 g/mol. The van der Waals surface area contributed by atoms with Gasteiger partial charge in [0.2, 0.25) is 0 Å². The Morgan fingerprint density at radius 1 is 1.03 bits per heavy atom. The fourth-order valence-corrected chi connectivity index (χ4v) is 3.31. The first-order chi connectivity index (χ1) is 14.1. The predicted molar refractivity (Wildman–Crippen MR) is 117 cm³/mol. The molecule has 0 aliphatic carbocycles. The van der Waals surface area contributed by atoms with Crippen molar-refractivity contribution in [1.82, 2.24) is 9.38 Å². The van der Waals surface area contributed by atoms with Crippen LogP contribution < -0.4 is 10.3 Å². The van der Waals surface area contributed by atoms with Crippen LogP contribution in [0.2, 0.25) is 0 Å². The van der Waals surface area contributed by atoms with Crippen LogP contribution in [0.5, 0.6) is 5.75 Å². The molecule has 144 valence electrons. The van der Waals surface area contributed by atoms with Crippen molar-refractivity contribution in [3.05, 3.63) is 112 Å². The molecule has 0 spiro atoms. The van der Waals surface area contributed by atoms with E-state index in [9.17, 15) is 4.79 Å². The second kappa shape index (κ2) is 8.33. The monoisotopic (exact) mass is 402 g/mol. The van der Waals surface area contributed by atoms with Gasteiger partial charge in [-0.25, -0.2) is 4.98 Å². The van der Waals surface area contributed by atoms with Gasteiger partial charge in [-0.05, 0) is 48.4 Å². The molecule has 0 N–H and O–H groups in total. The summed E-state index contributed by atoms with van der Waals surface area (Å²) in [6, 6.07) is 24.6. The molecular formula is C24H19ClN2O2. The molecule has 2 aromatic carbocycles. The molecule has 0 atom stereocenters. The van der Waals surface area contributed by atoms with Crippen LogP contribution in [0.15, 0.2) is 83.7 Å². The van der Waals surface area contributed by atoms with Crippen LogP contribution in [0.3, 0.4) is 0 Å². The maximum Gasteiger partial charge on any atom is 0.258 e. The van der Waals surface area contributed by atoms with Crippen LogP contribution >= 0.6 is 11.6 Å². The van der Waals surface area contributed by atoms with E-state index in [1.165, 1.54) is 6.07 Å². The molecule has 5 heteroatoms. The van der Waals surface area contributed by atoms with E-state index in [2.05, 4.69) is 4.98 Å². The van der Waals surface area contributed by atoms with Crippen molar-refractivity contribution in [2.45, 2.75) is 13.5 Å². The molecule has 0 aliphatic rings. The lowest BCUT2D eigenvalue weighted by Gasteiger charge is -2.08. The summed E-state index contributed by atoms with van der Waals surface area (Å²) in [5, 5.41) is 0.395. The number of hydrogen-bond donors (Lipinski definition) is 0. The second-order valence-corrected chi connectivity index (χ2v) is 7.09. The van der Waals surface area contributed by atoms with Crippen LogP contribution in [0.25, 0.3) is 16.8 Å². The molecule has 0 saturated heterocycles. The first-order valence-electron chi connectivity index (χ1n) is 9.24. The van der Waals surface area contributed by atoms with E-state index in [4.69, 9.17) is 16.3 Å². The second-order valence-electron chi connectivity index (χ2n) is 6.68. The minimum atomic E-state index is -0.158. The molecule has 0 aliphatic heterocycles. The Labute approximate surface area is 173 Å². The molecule has 4 nitrogen and oxygen atoms in total. The third kappa shape index (κ3) is 4.39. The maximum absolute atomic E-state index is 12.5. The van der Waals surface area contributed by atoms with E-state index < -0.39 is 0 Å². The molecule has 29 heavy (non-hydrogen) atoms. The number of benzene rings is 2. The van der Waals surface area contributed by atoms with Gasteiger partial charge in [0, 0.05) is 11.8 Å². The Balaban J connectivity index is 1.59. The number of rotatable bonds is 5. The lowest BCUT2D eigenvalue weighted by Crippen LogP contribution is -2.16. The minimum absolute atomic E-state index is 0.158. The highest BCUT2D eigenvalue weighted by Gasteiger charge is 2.07. The van der Waals surface area contributed by atoms with E-state index >= 15 is 0 Å². The summed E-state index contributed by atoms with van der Waals surface area (Å²) in [6.07, 6.45) is 1.78. The van der Waals surface area contributed by atoms with Gasteiger partial charge in [0.25, 0.3) is 5.56 Å². The summed E-state index contributed by atoms with van der Waals surface area (Å²) in [4.78, 5) is 17.0. The van der Waals surface area contributed by atoms with Gasteiger partial charge in [-0.1, -0.05) is 60.1 Å². The van der Waals surface area contributed by atoms with Crippen molar-refractivity contribution >= 4 is 28.4 Å². The number of nitrogens with zero attached hydrogens (tertiary/aromatic N) is 2. The van der Waals surface area contributed by atoms with Crippen molar-refractivity contribution in [3.63, 3.8) is 0 Å². The third-order valence-electron chi connectivity index (χ3n) is 4.52. The third-order valence-corrected chi connectivity index (χ3v) is 4.83. The molecule has 0 bridgehead atoms. The molecule has 4 aromatic rings. The average Bonchev–Trinajstić information content (AvgIpc) is 2.73. The smallest absolute Gasteiger partial charge is 0.258 e. The molecule has 4 rings (SSSR count). The van der Waals surface area contributed by atoms with E-state index in [1.807, 2.05) is 73.7 Å². The summed E-state index contributed by atoms with van der Waals surface area (Å²) in [5.41, 5.74) is 3.65. The Hall–Kier alpha value is -3.37. The zero-order chi connectivity index (χ0) is 20.2. The largest absolute Gasteiger partial charge is 0.489 e. The van der Waals surface area contributed by atoms with Crippen molar-refractivity contribution in [2.75, 3.05) is 0 Å². The van der Waals surface area contributed by atoms with Crippen LogP contribution in [0.4, 0.5) is 0 Å². The van der Waals surface area contributed by atoms with Gasteiger partial charge >= 0.3 is 0 Å². The number of ether oxygens (including phenoxy) is 1. The lowest BCUT2D eigenvalue weighted by atomic mass is 10.2. The molecule has 0 amide bonds. The summed E-state index contributed by atoms with van der Waals surface area (Å²) < 4.78 is 7.43. The van der Waals surface area contributed by atoms with E-state index in [0.29, 0.717) is 23.0 Å². The van der Waals surface area contributed by atoms with Crippen LogP contribution in [0, 0.1) is 6.92 Å². The van der Waals surface area contributed by atoms with Gasteiger partial charge in [0.1, 0.15) is 18.0 Å². The summed E-state index contributed by atoms with van der Waals surface area (Å²) in [7, 11) is 0. The Morgan fingerprint density at radius 3 is 2.66 bits per heavy atom. The molecule has 0 saturated carbocycles. The van der Waals surface area contributed by atoms with E-state index in [1.54, 1.807) is 16.5 Å². The summed E-state index contributed by atoms with van der Waals surface area (Å²) in [5.74, 6) is 0.745. The van der Waals surface area contributed by atoms with Crippen molar-refractivity contribution in [1.29, 1.82) is 0 Å². The van der Waals surface area contributed by atoms with Gasteiger partial charge in [-0.15, -0.1) is 0 Å². The maximum atomic E-state index is 12.5. The van der Waals surface area contributed by atoms with Crippen molar-refractivity contribution < 1.29 is 4.74 Å². The Morgan fingerprint density at radius 2 is 1.83 bits per heavy atom. The molecular weight excluding hydrogens is 384 g/mol. The normalized spacial score (nSPS) is 11.6. The highest BCUT2D eigenvalue weighted by molar-refractivity contribution is 6.51. The molecule has 2 aromatic heterocycles. The SMILES string of the molecule is Cc1cccc2nc(/C(Cl)=C/c3cccc(OCc4ccccc4)c3)cc(=O)n12. The van der Waals surface area contributed by atoms with E-state index in [-0.39, 0.29) is 5.56 Å².